The van der Waals surface area contributed by atoms with Crippen molar-refractivity contribution in [3.8, 4) is 5.75 Å². The molecular weight excluding hydrogens is 196 g/mol. The Hall–Kier alpha value is -0.980. The molecule has 88 valence electrons. The zero-order valence-electron chi connectivity index (χ0n) is 10.8. The number of hydrogen-bond donors (Lipinski definition) is 0. The second-order valence-electron chi connectivity index (χ2n) is 6.03. The Labute approximate surface area is 98.8 Å². The third-order valence-electron chi connectivity index (χ3n) is 3.36. The van der Waals surface area contributed by atoms with Crippen LogP contribution in [-0.2, 0) is 11.8 Å². The van der Waals surface area contributed by atoms with Crippen molar-refractivity contribution in [2.24, 2.45) is 5.92 Å². The molecule has 0 fully saturated rings. The molecular formula is C15H22O. The molecule has 0 radical (unpaired) electrons. The van der Waals surface area contributed by atoms with E-state index >= 15 is 0 Å². The largest absolute Gasteiger partial charge is 0.493 e. The van der Waals surface area contributed by atoms with Crippen LogP contribution < -0.4 is 4.74 Å². The van der Waals surface area contributed by atoms with Crippen molar-refractivity contribution in [2.45, 2.75) is 46.0 Å². The van der Waals surface area contributed by atoms with Crippen LogP contribution in [0.15, 0.2) is 18.2 Å². The molecule has 1 aliphatic rings. The number of benzene rings is 1. The molecule has 1 heterocycles. The summed E-state index contributed by atoms with van der Waals surface area (Å²) in [7, 11) is 0. The zero-order valence-corrected chi connectivity index (χ0v) is 10.8. The normalized spacial score (nSPS) is 20.9. The minimum absolute atomic E-state index is 0.229. The molecule has 16 heavy (non-hydrogen) atoms. The summed E-state index contributed by atoms with van der Waals surface area (Å²) in [5, 5.41) is 0. The molecule has 1 nitrogen and oxygen atoms in total. The van der Waals surface area contributed by atoms with Gasteiger partial charge in [-0.25, -0.2) is 0 Å². The van der Waals surface area contributed by atoms with Crippen molar-refractivity contribution < 1.29 is 4.74 Å². The summed E-state index contributed by atoms with van der Waals surface area (Å²) in [5.41, 5.74) is 3.02. The summed E-state index contributed by atoms with van der Waals surface area (Å²) < 4.78 is 5.83. The highest BCUT2D eigenvalue weighted by atomic mass is 16.5. The summed E-state index contributed by atoms with van der Waals surface area (Å²) in [4.78, 5) is 0. The Bertz CT molecular complexity index is 374. The van der Waals surface area contributed by atoms with Crippen LogP contribution in [0.25, 0.3) is 0 Å². The molecule has 0 amide bonds. The monoisotopic (exact) mass is 218 g/mol. The molecule has 0 aromatic heterocycles. The summed E-state index contributed by atoms with van der Waals surface area (Å²) in [6.07, 6.45) is 2.39. The molecule has 0 saturated carbocycles. The van der Waals surface area contributed by atoms with Crippen LogP contribution in [0, 0.1) is 5.92 Å². The molecule has 1 unspecified atom stereocenters. The lowest BCUT2D eigenvalue weighted by Crippen LogP contribution is -2.11. The predicted octanol–water partition coefficient (Wildman–Crippen LogP) is 3.95. The first-order valence-corrected chi connectivity index (χ1v) is 6.23. The van der Waals surface area contributed by atoms with Gasteiger partial charge in [0.25, 0.3) is 0 Å². The minimum Gasteiger partial charge on any atom is -0.493 e. The van der Waals surface area contributed by atoms with E-state index in [4.69, 9.17) is 4.74 Å². The first-order valence-electron chi connectivity index (χ1n) is 6.23. The van der Waals surface area contributed by atoms with Gasteiger partial charge in [0.1, 0.15) is 5.75 Å². The fourth-order valence-electron chi connectivity index (χ4n) is 2.10. The van der Waals surface area contributed by atoms with Gasteiger partial charge >= 0.3 is 0 Å². The van der Waals surface area contributed by atoms with Crippen LogP contribution in [0.4, 0.5) is 0 Å². The maximum Gasteiger partial charge on any atom is 0.122 e. The van der Waals surface area contributed by atoms with Crippen molar-refractivity contribution in [1.82, 2.24) is 0 Å². The number of fused-ring (bicyclic) bond motifs is 1. The maximum atomic E-state index is 5.83. The van der Waals surface area contributed by atoms with Gasteiger partial charge in [-0.05, 0) is 41.4 Å². The zero-order chi connectivity index (χ0) is 11.8. The summed E-state index contributed by atoms with van der Waals surface area (Å²) in [5.74, 6) is 1.77. The van der Waals surface area contributed by atoms with Gasteiger partial charge in [-0.2, -0.15) is 0 Å². The highest BCUT2D eigenvalue weighted by Crippen LogP contribution is 2.31. The van der Waals surface area contributed by atoms with Gasteiger partial charge in [-0.15, -0.1) is 0 Å². The standard InChI is InChI=1S/C15H22O/c1-11-5-6-12-9-13(15(2,3)4)7-8-14(12)16-10-11/h7-9,11H,5-6,10H2,1-4H3. The van der Waals surface area contributed by atoms with Crippen LogP contribution in [0.2, 0.25) is 0 Å². The van der Waals surface area contributed by atoms with Gasteiger partial charge in [0.2, 0.25) is 0 Å². The average molecular weight is 218 g/mol. The summed E-state index contributed by atoms with van der Waals surface area (Å²) in [6, 6.07) is 6.68. The van der Waals surface area contributed by atoms with E-state index in [0.717, 1.165) is 18.8 Å². The van der Waals surface area contributed by atoms with E-state index in [1.807, 2.05) is 0 Å². The quantitative estimate of drug-likeness (QED) is 0.640. The molecule has 2 rings (SSSR count). The third-order valence-corrected chi connectivity index (χ3v) is 3.36. The highest BCUT2D eigenvalue weighted by molar-refractivity contribution is 5.40. The van der Waals surface area contributed by atoms with E-state index in [1.54, 1.807) is 0 Å². The van der Waals surface area contributed by atoms with Crippen LogP contribution in [0.3, 0.4) is 0 Å². The topological polar surface area (TPSA) is 9.23 Å². The lowest BCUT2D eigenvalue weighted by Gasteiger charge is -2.20. The van der Waals surface area contributed by atoms with Crippen LogP contribution in [-0.4, -0.2) is 6.61 Å². The van der Waals surface area contributed by atoms with Gasteiger partial charge in [-0.1, -0.05) is 39.8 Å². The molecule has 0 N–H and O–H groups in total. The van der Waals surface area contributed by atoms with E-state index in [2.05, 4.69) is 45.9 Å². The Morgan fingerprint density at radius 3 is 2.69 bits per heavy atom. The predicted molar refractivity (Wildman–Crippen MR) is 68.1 cm³/mol. The maximum absolute atomic E-state index is 5.83. The van der Waals surface area contributed by atoms with Crippen molar-refractivity contribution in [3.63, 3.8) is 0 Å². The van der Waals surface area contributed by atoms with E-state index in [-0.39, 0.29) is 5.41 Å². The molecule has 1 aromatic carbocycles. The Kier molecular flexibility index (Phi) is 2.96. The number of rotatable bonds is 0. The number of aryl methyl sites for hydroxylation is 1. The minimum atomic E-state index is 0.229. The second kappa shape index (κ2) is 4.12. The first kappa shape index (κ1) is 11.5. The average Bonchev–Trinajstić information content (AvgIpc) is 2.39. The van der Waals surface area contributed by atoms with Crippen LogP contribution in [0.1, 0.15) is 45.2 Å². The fraction of sp³-hybridized carbons (Fsp3) is 0.600. The molecule has 0 bridgehead atoms. The van der Waals surface area contributed by atoms with E-state index < -0.39 is 0 Å². The second-order valence-corrected chi connectivity index (χ2v) is 6.03. The van der Waals surface area contributed by atoms with Crippen molar-refractivity contribution in [2.75, 3.05) is 6.61 Å². The summed E-state index contributed by atoms with van der Waals surface area (Å²) in [6.45, 7) is 9.90. The molecule has 0 saturated heterocycles. The molecule has 0 aliphatic carbocycles. The molecule has 1 heteroatoms. The molecule has 1 aliphatic heterocycles. The van der Waals surface area contributed by atoms with E-state index in [1.165, 1.54) is 17.5 Å². The van der Waals surface area contributed by atoms with Gasteiger partial charge in [0, 0.05) is 0 Å². The lowest BCUT2D eigenvalue weighted by molar-refractivity contribution is 0.265. The van der Waals surface area contributed by atoms with Crippen molar-refractivity contribution >= 4 is 0 Å². The van der Waals surface area contributed by atoms with Crippen LogP contribution in [0.5, 0.6) is 5.75 Å². The van der Waals surface area contributed by atoms with E-state index in [9.17, 15) is 0 Å². The Balaban J connectivity index is 2.32. The Morgan fingerprint density at radius 2 is 2.00 bits per heavy atom. The molecule has 1 atom stereocenters. The molecule has 0 spiro atoms. The lowest BCUT2D eigenvalue weighted by atomic mass is 9.85. The third kappa shape index (κ3) is 2.40. The van der Waals surface area contributed by atoms with Gasteiger partial charge in [-0.3, -0.25) is 0 Å². The van der Waals surface area contributed by atoms with Gasteiger partial charge < -0.3 is 4.74 Å². The number of ether oxygens (including phenoxy) is 1. The van der Waals surface area contributed by atoms with E-state index in [0.29, 0.717) is 5.92 Å². The fourth-order valence-corrected chi connectivity index (χ4v) is 2.10. The van der Waals surface area contributed by atoms with Gasteiger partial charge in [0.15, 0.2) is 0 Å². The summed E-state index contributed by atoms with van der Waals surface area (Å²) >= 11 is 0. The molecule has 1 aromatic rings. The smallest absolute Gasteiger partial charge is 0.122 e. The van der Waals surface area contributed by atoms with Crippen molar-refractivity contribution in [3.05, 3.63) is 29.3 Å². The van der Waals surface area contributed by atoms with Gasteiger partial charge in [0.05, 0.1) is 6.61 Å². The highest BCUT2D eigenvalue weighted by Gasteiger charge is 2.18. The first-order chi connectivity index (χ1) is 7.47. The van der Waals surface area contributed by atoms with Crippen molar-refractivity contribution in [1.29, 1.82) is 0 Å². The van der Waals surface area contributed by atoms with Crippen LogP contribution >= 0.6 is 0 Å². The SMILES string of the molecule is CC1CCc2cc(C(C)(C)C)ccc2OC1. The number of hydrogen-bond acceptors (Lipinski definition) is 1. The Morgan fingerprint density at radius 1 is 1.25 bits per heavy atom.